The zero-order valence-corrected chi connectivity index (χ0v) is 15.8. The Balaban J connectivity index is 1.82. The molecule has 0 fully saturated rings. The van der Waals surface area contributed by atoms with Crippen molar-refractivity contribution >= 4 is 17.6 Å². The molecule has 1 heterocycles. The lowest BCUT2D eigenvalue weighted by molar-refractivity contribution is 0.0976. The van der Waals surface area contributed by atoms with Gasteiger partial charge in [0.2, 0.25) is 5.96 Å². The first-order valence-electron chi connectivity index (χ1n) is 9.11. The Morgan fingerprint density at radius 2 is 1.86 bits per heavy atom. The van der Waals surface area contributed by atoms with Crippen LogP contribution in [0.2, 0.25) is 0 Å². The van der Waals surface area contributed by atoms with Crippen LogP contribution in [0.1, 0.15) is 28.4 Å². The van der Waals surface area contributed by atoms with Gasteiger partial charge >= 0.3 is 0 Å². The van der Waals surface area contributed by atoms with Crippen molar-refractivity contribution in [2.45, 2.75) is 19.9 Å². The van der Waals surface area contributed by atoms with E-state index in [0.29, 0.717) is 0 Å². The van der Waals surface area contributed by atoms with E-state index in [4.69, 9.17) is 0 Å². The number of aliphatic imine (C=N–C) groups is 1. The molecule has 0 saturated carbocycles. The van der Waals surface area contributed by atoms with E-state index in [1.165, 1.54) is 6.07 Å². The third-order valence-corrected chi connectivity index (χ3v) is 4.15. The Bertz CT molecular complexity index is 1020. The highest BCUT2D eigenvalue weighted by molar-refractivity contribution is 6.09. The third-order valence-electron chi connectivity index (χ3n) is 4.15. The molecule has 5 nitrogen and oxygen atoms in total. The predicted octanol–water partition coefficient (Wildman–Crippen LogP) is 4.32. The quantitative estimate of drug-likeness (QED) is 0.500. The molecule has 0 aliphatic heterocycles. The van der Waals surface area contributed by atoms with E-state index in [1.54, 1.807) is 18.5 Å². The first kappa shape index (κ1) is 20.1. The highest BCUT2D eigenvalue weighted by Crippen LogP contribution is 2.12. The monoisotopic (exact) mass is 394 g/mol. The maximum Gasteiger partial charge on any atom is 0.258 e. The van der Waals surface area contributed by atoms with Crippen LogP contribution in [0.15, 0.2) is 72.0 Å². The fraction of sp³-hybridized carbons (Fsp3) is 0.136. The van der Waals surface area contributed by atoms with Crippen molar-refractivity contribution in [1.29, 1.82) is 0 Å². The van der Waals surface area contributed by atoms with Crippen LogP contribution >= 0.6 is 0 Å². The molecule has 148 valence electrons. The number of nitrogens with one attached hydrogen (secondary N) is 2. The topological polar surface area (TPSA) is 66.4 Å². The first-order valence-corrected chi connectivity index (χ1v) is 9.11. The highest BCUT2D eigenvalue weighted by Gasteiger charge is 2.12. The van der Waals surface area contributed by atoms with Crippen LogP contribution in [0.4, 0.5) is 14.5 Å². The Kier molecular flexibility index (Phi) is 6.63. The average Bonchev–Trinajstić information content (AvgIpc) is 2.74. The summed E-state index contributed by atoms with van der Waals surface area (Å²) in [6, 6.07) is 14.3. The molecule has 0 spiro atoms. The predicted molar refractivity (Wildman–Crippen MR) is 109 cm³/mol. The normalized spacial score (nSPS) is 11.2. The Hall–Kier alpha value is -3.61. The summed E-state index contributed by atoms with van der Waals surface area (Å²) in [6.07, 6.45) is 4.20. The van der Waals surface area contributed by atoms with Gasteiger partial charge in [0.15, 0.2) is 11.6 Å². The van der Waals surface area contributed by atoms with Gasteiger partial charge in [-0.1, -0.05) is 25.1 Å². The third kappa shape index (κ3) is 5.68. The second kappa shape index (κ2) is 9.54. The van der Waals surface area contributed by atoms with Crippen molar-refractivity contribution in [1.82, 2.24) is 10.3 Å². The van der Waals surface area contributed by atoms with E-state index < -0.39 is 17.5 Å². The van der Waals surface area contributed by atoms with E-state index in [2.05, 4.69) is 20.6 Å². The lowest BCUT2D eigenvalue weighted by atomic mass is 10.1. The standard InChI is InChI=1S/C22H20F2N4O/c1-2-15-5-3-7-18(11-15)27-22(26-14-16-6-4-10-25-13-16)28-21(29)17-8-9-19(23)20(24)12-17/h3-13H,2,14H2,1H3,(H2,26,27,28,29). The van der Waals surface area contributed by atoms with Crippen LogP contribution in [0.3, 0.4) is 0 Å². The summed E-state index contributed by atoms with van der Waals surface area (Å²) in [7, 11) is 0. The number of amides is 1. The number of halogens is 2. The molecule has 0 unspecified atom stereocenters. The number of hydrogen-bond donors (Lipinski definition) is 2. The molecule has 0 aliphatic rings. The smallest absolute Gasteiger partial charge is 0.258 e. The number of carbonyl (C=O) groups is 1. The summed E-state index contributed by atoms with van der Waals surface area (Å²) in [5, 5.41) is 5.71. The number of anilines is 1. The molecule has 0 radical (unpaired) electrons. The van der Waals surface area contributed by atoms with Gasteiger partial charge in [0.05, 0.1) is 6.54 Å². The van der Waals surface area contributed by atoms with Crippen LogP contribution in [-0.2, 0) is 13.0 Å². The number of nitrogens with zero attached hydrogens (tertiary/aromatic N) is 2. The minimum atomic E-state index is -1.09. The van der Waals surface area contributed by atoms with Crippen LogP contribution < -0.4 is 10.6 Å². The van der Waals surface area contributed by atoms with Crippen molar-refractivity contribution in [3.63, 3.8) is 0 Å². The van der Waals surface area contributed by atoms with E-state index in [1.807, 2.05) is 37.3 Å². The van der Waals surface area contributed by atoms with Crippen molar-refractivity contribution in [2.24, 2.45) is 4.99 Å². The maximum atomic E-state index is 13.5. The Labute approximate surface area is 167 Å². The summed E-state index contributed by atoms with van der Waals surface area (Å²) in [5.74, 6) is -2.51. The van der Waals surface area contributed by atoms with Gasteiger partial charge in [-0.05, 0) is 53.9 Å². The number of pyridine rings is 1. The molecule has 0 atom stereocenters. The van der Waals surface area contributed by atoms with Crippen LogP contribution in [0.5, 0.6) is 0 Å². The minimum Gasteiger partial charge on any atom is -0.326 e. The SMILES string of the molecule is CCc1cccc(NC(=NCc2cccnc2)NC(=O)c2ccc(F)c(F)c2)c1. The van der Waals surface area contributed by atoms with Gasteiger partial charge in [-0.25, -0.2) is 13.8 Å². The summed E-state index contributed by atoms with van der Waals surface area (Å²) in [5.41, 5.74) is 2.71. The van der Waals surface area contributed by atoms with Crippen molar-refractivity contribution in [2.75, 3.05) is 5.32 Å². The van der Waals surface area contributed by atoms with Gasteiger partial charge in [0, 0.05) is 23.6 Å². The average molecular weight is 394 g/mol. The van der Waals surface area contributed by atoms with E-state index >= 15 is 0 Å². The van der Waals surface area contributed by atoms with E-state index in [-0.39, 0.29) is 18.1 Å². The zero-order valence-electron chi connectivity index (χ0n) is 15.8. The summed E-state index contributed by atoms with van der Waals surface area (Å²) < 4.78 is 26.6. The van der Waals surface area contributed by atoms with Gasteiger partial charge < -0.3 is 5.32 Å². The number of benzene rings is 2. The molecule has 1 aromatic heterocycles. The molecule has 7 heteroatoms. The second-order valence-electron chi connectivity index (χ2n) is 6.29. The molecular formula is C22H20F2N4O. The number of hydrogen-bond acceptors (Lipinski definition) is 3. The van der Waals surface area contributed by atoms with Crippen molar-refractivity contribution < 1.29 is 13.6 Å². The van der Waals surface area contributed by atoms with Gasteiger partial charge in [0.1, 0.15) is 0 Å². The van der Waals surface area contributed by atoms with Crippen LogP contribution in [0, 0.1) is 11.6 Å². The largest absolute Gasteiger partial charge is 0.326 e. The highest BCUT2D eigenvalue weighted by atomic mass is 19.2. The Morgan fingerprint density at radius 1 is 1.03 bits per heavy atom. The zero-order chi connectivity index (χ0) is 20.6. The molecular weight excluding hydrogens is 374 g/mol. The molecule has 2 aromatic carbocycles. The van der Waals surface area contributed by atoms with Gasteiger partial charge in [-0.15, -0.1) is 0 Å². The number of guanidine groups is 1. The van der Waals surface area contributed by atoms with Crippen molar-refractivity contribution in [3.8, 4) is 0 Å². The molecule has 29 heavy (non-hydrogen) atoms. The maximum absolute atomic E-state index is 13.5. The molecule has 1 amide bonds. The fourth-order valence-electron chi connectivity index (χ4n) is 2.60. The number of carbonyl (C=O) groups excluding carboxylic acids is 1. The van der Waals surface area contributed by atoms with Crippen molar-refractivity contribution in [3.05, 3.63) is 95.3 Å². The fourth-order valence-corrected chi connectivity index (χ4v) is 2.60. The van der Waals surface area contributed by atoms with Gasteiger partial charge in [0.25, 0.3) is 5.91 Å². The lowest BCUT2D eigenvalue weighted by Crippen LogP contribution is -2.36. The lowest BCUT2D eigenvalue weighted by Gasteiger charge is -2.13. The number of aryl methyl sites for hydroxylation is 1. The van der Waals surface area contributed by atoms with Gasteiger partial charge in [-0.2, -0.15) is 0 Å². The van der Waals surface area contributed by atoms with Crippen LogP contribution in [-0.4, -0.2) is 16.9 Å². The van der Waals surface area contributed by atoms with Crippen LogP contribution in [0.25, 0.3) is 0 Å². The van der Waals surface area contributed by atoms with Gasteiger partial charge in [-0.3, -0.25) is 15.1 Å². The molecule has 3 rings (SSSR count). The minimum absolute atomic E-state index is 0.0120. The van der Waals surface area contributed by atoms with E-state index in [9.17, 15) is 13.6 Å². The summed E-state index contributed by atoms with van der Waals surface area (Å²) >= 11 is 0. The molecule has 0 bridgehead atoms. The molecule has 2 N–H and O–H groups in total. The first-order chi connectivity index (χ1) is 14.0. The Morgan fingerprint density at radius 3 is 2.59 bits per heavy atom. The van der Waals surface area contributed by atoms with E-state index in [0.717, 1.165) is 35.4 Å². The molecule has 3 aromatic rings. The second-order valence-corrected chi connectivity index (χ2v) is 6.29. The molecule has 0 aliphatic carbocycles. The number of aromatic nitrogens is 1. The molecule has 0 saturated heterocycles. The summed E-state index contributed by atoms with van der Waals surface area (Å²) in [6.45, 7) is 2.32. The summed E-state index contributed by atoms with van der Waals surface area (Å²) in [4.78, 5) is 21.0. The number of rotatable bonds is 5.